The number of ether oxygens (including phenoxy) is 1. The maximum Gasteiger partial charge on any atom is 0.227 e. The van der Waals surface area contributed by atoms with Gasteiger partial charge < -0.3 is 9.84 Å². The maximum atomic E-state index is 13.6. The molecule has 5 nitrogen and oxygen atoms in total. The van der Waals surface area contributed by atoms with Crippen molar-refractivity contribution in [1.82, 2.24) is 14.7 Å². The smallest absolute Gasteiger partial charge is 0.227 e. The zero-order valence-electron chi connectivity index (χ0n) is 20.1. The van der Waals surface area contributed by atoms with E-state index < -0.39 is 6.10 Å². The summed E-state index contributed by atoms with van der Waals surface area (Å²) in [7, 11) is 0. The van der Waals surface area contributed by atoms with Crippen molar-refractivity contribution in [3.8, 4) is 17.3 Å². The molecule has 3 aromatic carbocycles. The quantitative estimate of drug-likeness (QED) is 0.305. The lowest BCUT2D eigenvalue weighted by atomic mass is 10.1. The molecule has 0 bridgehead atoms. The van der Waals surface area contributed by atoms with Crippen LogP contribution in [0.15, 0.2) is 78.9 Å². The van der Waals surface area contributed by atoms with Crippen LogP contribution < -0.4 is 4.74 Å². The summed E-state index contributed by atoms with van der Waals surface area (Å²) in [6.07, 6.45) is 2.23. The predicted octanol–water partition coefficient (Wildman–Crippen LogP) is 5.82. The summed E-state index contributed by atoms with van der Waals surface area (Å²) in [4.78, 5) is 2.28. The molecule has 1 aliphatic rings. The molecule has 0 radical (unpaired) electrons. The first-order valence-corrected chi connectivity index (χ1v) is 12.2. The van der Waals surface area contributed by atoms with Crippen molar-refractivity contribution >= 4 is 0 Å². The maximum absolute atomic E-state index is 13.6. The Bertz CT molecular complexity index is 1290. The molecule has 1 aliphatic carbocycles. The number of benzene rings is 3. The molecule has 7 heteroatoms. The minimum absolute atomic E-state index is 0.337. The number of aliphatic hydroxyl groups is 1. The van der Waals surface area contributed by atoms with Gasteiger partial charge in [-0.15, -0.1) is 0 Å². The molecule has 5 rings (SSSR count). The Kier molecular flexibility index (Phi) is 7.11. The molecule has 1 N–H and O–H groups in total. The molecule has 1 fully saturated rings. The van der Waals surface area contributed by atoms with Crippen LogP contribution in [0.1, 0.15) is 29.7 Å². The van der Waals surface area contributed by atoms with Gasteiger partial charge in [0.2, 0.25) is 5.88 Å². The van der Waals surface area contributed by atoms with Gasteiger partial charge in [0, 0.05) is 19.1 Å². The first-order valence-electron chi connectivity index (χ1n) is 12.2. The van der Waals surface area contributed by atoms with Crippen LogP contribution in [0.4, 0.5) is 8.78 Å². The lowest BCUT2D eigenvalue weighted by Gasteiger charge is -2.25. The number of rotatable bonds is 10. The largest absolute Gasteiger partial charge is 0.439 e. The van der Waals surface area contributed by atoms with E-state index >= 15 is 0 Å². The lowest BCUT2D eigenvalue weighted by molar-refractivity contribution is 0.103. The first kappa shape index (κ1) is 24.2. The summed E-state index contributed by atoms with van der Waals surface area (Å²) in [6, 6.07) is 22.2. The predicted molar refractivity (Wildman–Crippen MR) is 134 cm³/mol. The third-order valence-electron chi connectivity index (χ3n) is 6.42. The van der Waals surface area contributed by atoms with E-state index in [4.69, 9.17) is 9.84 Å². The van der Waals surface area contributed by atoms with E-state index in [9.17, 15) is 13.9 Å². The zero-order valence-corrected chi connectivity index (χ0v) is 20.1. The molecule has 36 heavy (non-hydrogen) atoms. The fourth-order valence-corrected chi connectivity index (χ4v) is 4.40. The molecule has 1 atom stereocenters. The molecular formula is C29H29F2N3O2. The SMILES string of the molecule is Cc1nn(-c2ccc(F)cc2)c(Oc2ccc(F)cc2)c1CN(CC(O)Cc1ccccc1)C1CC1. The van der Waals surface area contributed by atoms with Gasteiger partial charge in [-0.3, -0.25) is 4.90 Å². The Morgan fingerprint density at radius 2 is 1.61 bits per heavy atom. The highest BCUT2D eigenvalue weighted by molar-refractivity contribution is 5.43. The third-order valence-corrected chi connectivity index (χ3v) is 6.42. The average molecular weight is 490 g/mol. The van der Waals surface area contributed by atoms with Crippen LogP contribution in [0.3, 0.4) is 0 Å². The van der Waals surface area contributed by atoms with E-state index in [1.807, 2.05) is 37.3 Å². The van der Waals surface area contributed by atoms with E-state index in [2.05, 4.69) is 4.90 Å². The Hall–Kier alpha value is -3.55. The molecule has 0 spiro atoms. The molecule has 0 aliphatic heterocycles. The van der Waals surface area contributed by atoms with Gasteiger partial charge >= 0.3 is 0 Å². The summed E-state index contributed by atoms with van der Waals surface area (Å²) in [5, 5.41) is 15.6. The fraction of sp³-hybridized carbons (Fsp3) is 0.276. The number of hydrogen-bond acceptors (Lipinski definition) is 4. The Morgan fingerprint density at radius 1 is 0.972 bits per heavy atom. The topological polar surface area (TPSA) is 50.5 Å². The number of aryl methyl sites for hydroxylation is 1. The van der Waals surface area contributed by atoms with E-state index in [-0.39, 0.29) is 11.6 Å². The Labute approximate surface area is 209 Å². The minimum Gasteiger partial charge on any atom is -0.439 e. The van der Waals surface area contributed by atoms with E-state index in [1.165, 1.54) is 24.3 Å². The Morgan fingerprint density at radius 3 is 2.25 bits per heavy atom. The van der Waals surface area contributed by atoms with Crippen LogP contribution in [-0.4, -0.2) is 38.5 Å². The molecule has 186 valence electrons. The summed E-state index contributed by atoms with van der Waals surface area (Å²) in [5.41, 5.74) is 3.41. The van der Waals surface area contributed by atoms with Gasteiger partial charge in [-0.25, -0.2) is 13.5 Å². The lowest BCUT2D eigenvalue weighted by Crippen LogP contribution is -2.35. The van der Waals surface area contributed by atoms with Gasteiger partial charge in [0.1, 0.15) is 17.4 Å². The van der Waals surface area contributed by atoms with E-state index in [1.54, 1.807) is 28.9 Å². The minimum atomic E-state index is -0.512. The van der Waals surface area contributed by atoms with E-state index in [0.29, 0.717) is 42.9 Å². The second-order valence-electron chi connectivity index (χ2n) is 9.32. The highest BCUT2D eigenvalue weighted by atomic mass is 19.1. The summed E-state index contributed by atoms with van der Waals surface area (Å²) in [5.74, 6) is 0.284. The zero-order chi connectivity index (χ0) is 25.1. The van der Waals surface area contributed by atoms with Crippen molar-refractivity contribution < 1.29 is 18.6 Å². The van der Waals surface area contributed by atoms with Gasteiger partial charge in [-0.1, -0.05) is 30.3 Å². The van der Waals surface area contributed by atoms with Gasteiger partial charge in [0.15, 0.2) is 0 Å². The molecule has 1 unspecified atom stereocenters. The van der Waals surface area contributed by atoms with Crippen LogP contribution >= 0.6 is 0 Å². The van der Waals surface area contributed by atoms with Crippen molar-refractivity contribution in [3.63, 3.8) is 0 Å². The number of aliphatic hydroxyl groups excluding tert-OH is 1. The monoisotopic (exact) mass is 489 g/mol. The number of halogens is 2. The molecule has 4 aromatic rings. The highest BCUT2D eigenvalue weighted by Gasteiger charge is 2.32. The van der Waals surface area contributed by atoms with E-state index in [0.717, 1.165) is 29.7 Å². The molecular weight excluding hydrogens is 460 g/mol. The van der Waals surface area contributed by atoms with Gasteiger partial charge in [-0.2, -0.15) is 5.10 Å². The van der Waals surface area contributed by atoms with Gasteiger partial charge in [0.25, 0.3) is 0 Å². The fourth-order valence-electron chi connectivity index (χ4n) is 4.40. The number of hydrogen-bond donors (Lipinski definition) is 1. The van der Waals surface area contributed by atoms with Crippen molar-refractivity contribution in [2.45, 2.75) is 44.9 Å². The standard InChI is InChI=1S/C29H29F2N3O2/c1-20-28(19-33(24-13-14-24)18-26(35)17-21-5-3-2-4-6-21)29(36-27-15-9-23(31)10-16-27)34(32-20)25-11-7-22(30)8-12-25/h2-12,15-16,24,26,35H,13-14,17-19H2,1H3. The van der Waals surface area contributed by atoms with Crippen molar-refractivity contribution in [3.05, 3.63) is 107 Å². The van der Waals surface area contributed by atoms with Crippen LogP contribution in [-0.2, 0) is 13.0 Å². The molecule has 1 saturated carbocycles. The molecule has 0 saturated heterocycles. The third kappa shape index (κ3) is 5.80. The van der Waals surface area contributed by atoms with Crippen LogP contribution in [0.2, 0.25) is 0 Å². The Balaban J connectivity index is 1.44. The highest BCUT2D eigenvalue weighted by Crippen LogP contribution is 2.35. The molecule has 1 aromatic heterocycles. The van der Waals surface area contributed by atoms with Crippen LogP contribution in [0.25, 0.3) is 5.69 Å². The molecule has 0 amide bonds. The number of aromatic nitrogens is 2. The second-order valence-corrected chi connectivity index (χ2v) is 9.32. The number of nitrogens with zero attached hydrogens (tertiary/aromatic N) is 3. The van der Waals surface area contributed by atoms with Gasteiger partial charge in [-0.05, 0) is 80.3 Å². The normalized spacial score (nSPS) is 14.2. The van der Waals surface area contributed by atoms with Crippen molar-refractivity contribution in [2.24, 2.45) is 0 Å². The molecule has 1 heterocycles. The van der Waals surface area contributed by atoms with Crippen molar-refractivity contribution in [1.29, 1.82) is 0 Å². The summed E-state index contributed by atoms with van der Waals surface area (Å²) in [6.45, 7) is 2.98. The first-order chi connectivity index (χ1) is 17.5. The van der Waals surface area contributed by atoms with Crippen molar-refractivity contribution in [2.75, 3.05) is 6.54 Å². The average Bonchev–Trinajstić information content (AvgIpc) is 3.68. The second kappa shape index (κ2) is 10.6. The van der Waals surface area contributed by atoms with Gasteiger partial charge in [0.05, 0.1) is 23.0 Å². The summed E-state index contributed by atoms with van der Waals surface area (Å²) < 4.78 is 35.0. The van der Waals surface area contributed by atoms with Crippen LogP contribution in [0.5, 0.6) is 11.6 Å². The summed E-state index contributed by atoms with van der Waals surface area (Å²) >= 11 is 0. The van der Waals surface area contributed by atoms with Crippen LogP contribution in [0, 0.1) is 18.6 Å².